The number of aromatic nitrogens is 2. The number of rotatable bonds is 9. The average Bonchev–Trinajstić information content (AvgIpc) is 2.71. The van der Waals surface area contributed by atoms with Gasteiger partial charge in [-0.2, -0.15) is 0 Å². The lowest BCUT2D eigenvalue weighted by atomic mass is 10.2. The number of ether oxygens (including phenoxy) is 1. The first-order valence-electron chi connectivity index (χ1n) is 9.64. The minimum atomic E-state index is -1.82. The molecular formula is C20H29N3O6. The lowest BCUT2D eigenvalue weighted by Crippen LogP contribution is -2.31. The first-order chi connectivity index (χ1) is 13.8. The van der Waals surface area contributed by atoms with E-state index in [-0.39, 0.29) is 5.56 Å². The van der Waals surface area contributed by atoms with Gasteiger partial charge >= 0.3 is 11.9 Å². The van der Waals surface area contributed by atoms with Gasteiger partial charge in [-0.05, 0) is 31.6 Å². The summed E-state index contributed by atoms with van der Waals surface area (Å²) in [7, 11) is 0. The van der Waals surface area contributed by atoms with Crippen LogP contribution >= 0.6 is 0 Å². The number of carbonyl (C=O) groups is 2. The van der Waals surface area contributed by atoms with Crippen molar-refractivity contribution in [2.75, 3.05) is 26.2 Å². The molecule has 29 heavy (non-hydrogen) atoms. The Morgan fingerprint density at radius 2 is 1.79 bits per heavy atom. The molecule has 0 atom stereocenters. The Balaban J connectivity index is 0.000000612. The van der Waals surface area contributed by atoms with E-state index in [1.54, 1.807) is 10.9 Å². The normalized spacial score (nSPS) is 10.5. The Kier molecular flexibility index (Phi) is 10.4. The summed E-state index contributed by atoms with van der Waals surface area (Å²) in [4.78, 5) is 37.5. The van der Waals surface area contributed by atoms with Gasteiger partial charge in [-0.25, -0.2) is 14.6 Å². The summed E-state index contributed by atoms with van der Waals surface area (Å²) >= 11 is 0. The van der Waals surface area contributed by atoms with Crippen molar-refractivity contribution in [3.8, 4) is 5.75 Å². The summed E-state index contributed by atoms with van der Waals surface area (Å²) in [5.41, 5.74) is 0.713. The third-order valence-electron chi connectivity index (χ3n) is 4.30. The van der Waals surface area contributed by atoms with Crippen molar-refractivity contribution in [3.05, 3.63) is 34.9 Å². The highest BCUT2D eigenvalue weighted by molar-refractivity contribution is 6.27. The number of carboxylic acid groups (broad SMARTS) is 2. The fourth-order valence-corrected chi connectivity index (χ4v) is 2.51. The highest BCUT2D eigenvalue weighted by atomic mass is 16.5. The van der Waals surface area contributed by atoms with Crippen LogP contribution < -0.4 is 10.3 Å². The van der Waals surface area contributed by atoms with Crippen molar-refractivity contribution in [1.29, 1.82) is 0 Å². The molecule has 0 saturated carbocycles. The van der Waals surface area contributed by atoms with Gasteiger partial charge in [0.05, 0.1) is 23.8 Å². The van der Waals surface area contributed by atoms with E-state index in [1.807, 2.05) is 18.2 Å². The van der Waals surface area contributed by atoms with Gasteiger partial charge in [0.2, 0.25) is 0 Å². The molecule has 2 N–H and O–H groups in total. The molecule has 0 unspecified atom stereocenters. The van der Waals surface area contributed by atoms with Crippen LogP contribution in [0.3, 0.4) is 0 Å². The third kappa shape index (κ3) is 7.90. The van der Waals surface area contributed by atoms with Crippen molar-refractivity contribution in [3.63, 3.8) is 0 Å². The average molecular weight is 407 g/mol. The smallest absolute Gasteiger partial charge is 0.414 e. The molecule has 160 valence electrons. The molecular weight excluding hydrogens is 378 g/mol. The molecule has 0 amide bonds. The number of likely N-dealkylation sites (N-methyl/N-ethyl adjacent to an activating group) is 1. The predicted octanol–water partition coefficient (Wildman–Crippen LogP) is 2.07. The van der Waals surface area contributed by atoms with Gasteiger partial charge in [-0.3, -0.25) is 9.36 Å². The fraction of sp³-hybridized carbons (Fsp3) is 0.500. The van der Waals surface area contributed by atoms with Crippen molar-refractivity contribution in [2.24, 2.45) is 0 Å². The first-order valence-corrected chi connectivity index (χ1v) is 9.64. The Hall–Kier alpha value is -2.94. The Bertz CT molecular complexity index is 849. The summed E-state index contributed by atoms with van der Waals surface area (Å²) in [6.45, 7) is 10.6. The second-order valence-corrected chi connectivity index (χ2v) is 6.26. The predicted molar refractivity (Wildman–Crippen MR) is 109 cm³/mol. The number of aliphatic carboxylic acids is 2. The molecule has 0 fully saturated rings. The molecule has 2 aromatic rings. The van der Waals surface area contributed by atoms with E-state index >= 15 is 0 Å². The van der Waals surface area contributed by atoms with Crippen LogP contribution in [-0.2, 0) is 16.1 Å². The minimum absolute atomic E-state index is 0.0160. The molecule has 0 aliphatic carbocycles. The van der Waals surface area contributed by atoms with Crippen molar-refractivity contribution in [1.82, 2.24) is 14.5 Å². The summed E-state index contributed by atoms with van der Waals surface area (Å²) in [5.74, 6) is -2.87. The lowest BCUT2D eigenvalue weighted by molar-refractivity contribution is -0.159. The molecule has 0 aliphatic rings. The van der Waals surface area contributed by atoms with Gasteiger partial charge in [0.15, 0.2) is 0 Å². The van der Waals surface area contributed by atoms with Crippen LogP contribution in [0.15, 0.2) is 29.3 Å². The fourth-order valence-electron chi connectivity index (χ4n) is 2.51. The Morgan fingerprint density at radius 3 is 2.34 bits per heavy atom. The maximum atomic E-state index is 12.6. The van der Waals surface area contributed by atoms with E-state index in [0.29, 0.717) is 24.1 Å². The maximum Gasteiger partial charge on any atom is 0.414 e. The van der Waals surface area contributed by atoms with E-state index < -0.39 is 11.9 Å². The number of hydrogen-bond donors (Lipinski definition) is 2. The van der Waals surface area contributed by atoms with Gasteiger partial charge in [0.1, 0.15) is 5.75 Å². The van der Waals surface area contributed by atoms with E-state index in [9.17, 15) is 4.79 Å². The number of hydrogen-bond acceptors (Lipinski definition) is 6. The molecule has 0 saturated heterocycles. The summed E-state index contributed by atoms with van der Waals surface area (Å²) in [6.07, 6.45) is 3.77. The van der Waals surface area contributed by atoms with Gasteiger partial charge in [0.25, 0.3) is 5.56 Å². The van der Waals surface area contributed by atoms with Crippen LogP contribution in [0.5, 0.6) is 5.75 Å². The van der Waals surface area contributed by atoms with Gasteiger partial charge in [-0.15, -0.1) is 0 Å². The highest BCUT2D eigenvalue weighted by Crippen LogP contribution is 2.17. The third-order valence-corrected chi connectivity index (χ3v) is 4.30. The zero-order valence-corrected chi connectivity index (χ0v) is 17.1. The summed E-state index contributed by atoms with van der Waals surface area (Å²) < 4.78 is 7.37. The van der Waals surface area contributed by atoms with Crippen molar-refractivity contribution in [2.45, 2.75) is 40.2 Å². The molecule has 2 rings (SSSR count). The number of unbranched alkanes of at least 4 members (excludes halogenated alkanes) is 1. The van der Waals surface area contributed by atoms with Crippen LogP contribution in [0.4, 0.5) is 0 Å². The van der Waals surface area contributed by atoms with Gasteiger partial charge < -0.3 is 19.8 Å². The zero-order valence-electron chi connectivity index (χ0n) is 17.1. The molecule has 1 aromatic heterocycles. The van der Waals surface area contributed by atoms with E-state index in [2.05, 4.69) is 30.7 Å². The number of nitrogens with zero attached hydrogens (tertiary/aromatic N) is 3. The first kappa shape index (κ1) is 24.1. The largest absolute Gasteiger partial charge is 0.494 e. The second kappa shape index (κ2) is 12.5. The second-order valence-electron chi connectivity index (χ2n) is 6.26. The number of fused-ring (bicyclic) bond motifs is 1. The van der Waals surface area contributed by atoms with Crippen molar-refractivity contribution >= 4 is 22.8 Å². The standard InChI is InChI=1S/C18H27N3O2.C2H2O4/c1-4-7-12-23-15-8-9-16-17(13-15)19-14-21(18(16)22)11-10-20(5-2)6-3;3-1(4)2(5)6/h8-9,13-14H,4-7,10-12H2,1-3H3;(H,3,4)(H,5,6). The molecule has 9 heteroatoms. The van der Waals surface area contributed by atoms with Crippen molar-refractivity contribution < 1.29 is 24.5 Å². The van der Waals surface area contributed by atoms with E-state index in [4.69, 9.17) is 24.5 Å². The van der Waals surface area contributed by atoms with Crippen LogP contribution in [0, 0.1) is 0 Å². The summed E-state index contributed by atoms with van der Waals surface area (Å²) in [5, 5.41) is 15.4. The molecule has 9 nitrogen and oxygen atoms in total. The number of benzene rings is 1. The van der Waals surface area contributed by atoms with Crippen LogP contribution in [0.2, 0.25) is 0 Å². The van der Waals surface area contributed by atoms with Crippen LogP contribution in [-0.4, -0.2) is 62.8 Å². The quantitative estimate of drug-likeness (QED) is 0.478. The maximum absolute atomic E-state index is 12.6. The van der Waals surface area contributed by atoms with Crippen LogP contribution in [0.1, 0.15) is 33.6 Å². The lowest BCUT2D eigenvalue weighted by Gasteiger charge is -2.18. The SMILES string of the molecule is CCCCOc1ccc2c(=O)n(CCN(CC)CC)cnc2c1.O=C(O)C(=O)O. The molecule has 1 heterocycles. The molecule has 0 aliphatic heterocycles. The Labute approximate surface area is 169 Å². The summed E-state index contributed by atoms with van der Waals surface area (Å²) in [6, 6.07) is 5.52. The van der Waals surface area contributed by atoms with E-state index in [1.165, 1.54) is 0 Å². The highest BCUT2D eigenvalue weighted by Gasteiger charge is 2.07. The minimum Gasteiger partial charge on any atom is -0.494 e. The Morgan fingerprint density at radius 1 is 1.14 bits per heavy atom. The molecule has 0 spiro atoms. The van der Waals surface area contributed by atoms with Gasteiger partial charge in [0, 0.05) is 19.2 Å². The van der Waals surface area contributed by atoms with Gasteiger partial charge in [-0.1, -0.05) is 27.2 Å². The van der Waals surface area contributed by atoms with Crippen LogP contribution in [0.25, 0.3) is 10.9 Å². The molecule has 0 bridgehead atoms. The monoisotopic (exact) mass is 407 g/mol. The topological polar surface area (TPSA) is 122 Å². The number of carboxylic acids is 2. The molecule has 1 aromatic carbocycles. The zero-order chi connectivity index (χ0) is 21.8. The van der Waals surface area contributed by atoms with E-state index in [0.717, 1.165) is 38.2 Å². The molecule has 0 radical (unpaired) electrons.